The Balaban J connectivity index is 2.26. The molecule has 0 saturated heterocycles. The van der Waals surface area contributed by atoms with Crippen LogP contribution >= 0.6 is 0 Å². The average molecular weight is 310 g/mol. The van der Waals surface area contributed by atoms with Crippen molar-refractivity contribution in [3.63, 3.8) is 0 Å². The number of fused-ring (bicyclic) bond motifs is 1. The molecule has 0 aliphatic carbocycles. The molecular formula is C20H23FN2. The molecule has 0 aromatic heterocycles. The summed E-state index contributed by atoms with van der Waals surface area (Å²) >= 11 is 0. The summed E-state index contributed by atoms with van der Waals surface area (Å²) in [6.07, 6.45) is 1.86. The van der Waals surface area contributed by atoms with Gasteiger partial charge < -0.3 is 4.90 Å². The van der Waals surface area contributed by atoms with Gasteiger partial charge >= 0.3 is 0 Å². The standard InChI is InChI=1S/C20H23FN2/c1-13(2)15-6-9-19-18(11-15)20(4,23(5)12-22-19)17-8-7-16(21)10-14(17)3/h6-13H,1-5H3. The van der Waals surface area contributed by atoms with Gasteiger partial charge in [0.05, 0.1) is 17.6 Å². The van der Waals surface area contributed by atoms with Gasteiger partial charge in [0.1, 0.15) is 5.82 Å². The average Bonchev–Trinajstić information content (AvgIpc) is 2.50. The van der Waals surface area contributed by atoms with Gasteiger partial charge in [-0.25, -0.2) is 9.38 Å². The Morgan fingerprint density at radius 3 is 2.48 bits per heavy atom. The van der Waals surface area contributed by atoms with Crippen LogP contribution in [0, 0.1) is 12.7 Å². The normalized spacial score (nSPS) is 20.0. The van der Waals surface area contributed by atoms with E-state index in [2.05, 4.69) is 48.9 Å². The van der Waals surface area contributed by atoms with Gasteiger partial charge in [0.15, 0.2) is 0 Å². The molecule has 0 amide bonds. The highest BCUT2D eigenvalue weighted by Gasteiger charge is 2.38. The third kappa shape index (κ3) is 2.44. The van der Waals surface area contributed by atoms with Gasteiger partial charge in [-0.05, 0) is 54.7 Å². The maximum Gasteiger partial charge on any atom is 0.123 e. The van der Waals surface area contributed by atoms with Crippen LogP contribution in [0.4, 0.5) is 10.1 Å². The van der Waals surface area contributed by atoms with Gasteiger partial charge in [-0.1, -0.05) is 32.0 Å². The van der Waals surface area contributed by atoms with E-state index in [9.17, 15) is 4.39 Å². The molecule has 1 heterocycles. The van der Waals surface area contributed by atoms with Gasteiger partial charge in [0, 0.05) is 12.6 Å². The maximum absolute atomic E-state index is 13.6. The molecule has 1 aliphatic rings. The van der Waals surface area contributed by atoms with Crippen LogP contribution in [-0.4, -0.2) is 18.3 Å². The molecule has 3 rings (SSSR count). The molecule has 2 nitrogen and oxygen atoms in total. The Morgan fingerprint density at radius 2 is 1.83 bits per heavy atom. The predicted molar refractivity (Wildman–Crippen MR) is 94.0 cm³/mol. The Hall–Kier alpha value is -2.16. The molecule has 0 radical (unpaired) electrons. The van der Waals surface area contributed by atoms with E-state index >= 15 is 0 Å². The fourth-order valence-electron chi connectivity index (χ4n) is 3.38. The van der Waals surface area contributed by atoms with Gasteiger partial charge in [-0.15, -0.1) is 0 Å². The van der Waals surface area contributed by atoms with E-state index < -0.39 is 0 Å². The molecule has 0 spiro atoms. The van der Waals surface area contributed by atoms with Crippen molar-refractivity contribution in [3.05, 3.63) is 64.5 Å². The van der Waals surface area contributed by atoms with Crippen LogP contribution in [0.5, 0.6) is 0 Å². The zero-order chi connectivity index (χ0) is 16.8. The monoisotopic (exact) mass is 310 g/mol. The largest absolute Gasteiger partial charge is 0.352 e. The van der Waals surface area contributed by atoms with E-state index in [4.69, 9.17) is 0 Å². The molecule has 3 heteroatoms. The molecule has 2 aromatic carbocycles. The molecule has 23 heavy (non-hydrogen) atoms. The number of hydrogen-bond acceptors (Lipinski definition) is 2. The number of halogens is 1. The lowest BCUT2D eigenvalue weighted by atomic mass is 9.78. The van der Waals surface area contributed by atoms with Gasteiger partial charge in [-0.3, -0.25) is 0 Å². The fraction of sp³-hybridized carbons (Fsp3) is 0.350. The van der Waals surface area contributed by atoms with Crippen molar-refractivity contribution in [2.45, 2.75) is 39.2 Å². The lowest BCUT2D eigenvalue weighted by molar-refractivity contribution is 0.290. The number of aryl methyl sites for hydroxylation is 1. The Bertz CT molecular complexity index is 779. The fourth-order valence-corrected chi connectivity index (χ4v) is 3.38. The first kappa shape index (κ1) is 15.7. The van der Waals surface area contributed by atoms with Gasteiger partial charge in [0.2, 0.25) is 0 Å². The first-order valence-corrected chi connectivity index (χ1v) is 8.02. The summed E-state index contributed by atoms with van der Waals surface area (Å²) in [5, 5.41) is 0. The van der Waals surface area contributed by atoms with Crippen molar-refractivity contribution in [1.82, 2.24) is 4.90 Å². The van der Waals surface area contributed by atoms with Crippen molar-refractivity contribution in [2.24, 2.45) is 4.99 Å². The highest BCUT2D eigenvalue weighted by Crippen LogP contribution is 2.44. The summed E-state index contributed by atoms with van der Waals surface area (Å²) in [4.78, 5) is 6.68. The first-order valence-electron chi connectivity index (χ1n) is 8.02. The van der Waals surface area contributed by atoms with Crippen LogP contribution in [0.25, 0.3) is 0 Å². The third-order valence-corrected chi connectivity index (χ3v) is 5.00. The van der Waals surface area contributed by atoms with Crippen molar-refractivity contribution < 1.29 is 4.39 Å². The van der Waals surface area contributed by atoms with E-state index in [-0.39, 0.29) is 11.4 Å². The van der Waals surface area contributed by atoms with Gasteiger partial charge in [0.25, 0.3) is 0 Å². The number of nitrogens with zero attached hydrogens (tertiary/aromatic N) is 2. The zero-order valence-corrected chi connectivity index (χ0v) is 14.4. The van der Waals surface area contributed by atoms with E-state index in [0.29, 0.717) is 5.92 Å². The molecule has 0 bridgehead atoms. The molecule has 1 aliphatic heterocycles. The Kier molecular flexibility index (Phi) is 3.75. The van der Waals surface area contributed by atoms with E-state index in [1.165, 1.54) is 11.1 Å². The lowest BCUT2D eigenvalue weighted by Gasteiger charge is -2.43. The smallest absolute Gasteiger partial charge is 0.123 e. The number of rotatable bonds is 2. The maximum atomic E-state index is 13.6. The third-order valence-electron chi connectivity index (χ3n) is 5.00. The molecule has 2 aromatic rings. The topological polar surface area (TPSA) is 15.6 Å². The number of aliphatic imine (C=N–C) groups is 1. The van der Waals surface area contributed by atoms with Gasteiger partial charge in [-0.2, -0.15) is 0 Å². The molecule has 0 saturated carbocycles. The highest BCUT2D eigenvalue weighted by molar-refractivity contribution is 5.72. The minimum Gasteiger partial charge on any atom is -0.352 e. The van der Waals surface area contributed by atoms with Crippen LogP contribution < -0.4 is 0 Å². The van der Waals surface area contributed by atoms with Crippen LogP contribution in [0.15, 0.2) is 41.4 Å². The molecule has 0 fully saturated rings. The highest BCUT2D eigenvalue weighted by atomic mass is 19.1. The molecular weight excluding hydrogens is 287 g/mol. The number of benzene rings is 2. The molecule has 120 valence electrons. The van der Waals surface area contributed by atoms with Crippen LogP contribution in [0.2, 0.25) is 0 Å². The summed E-state index contributed by atoms with van der Waals surface area (Å²) < 4.78 is 13.6. The zero-order valence-electron chi connectivity index (χ0n) is 14.4. The lowest BCUT2D eigenvalue weighted by Crippen LogP contribution is -2.43. The van der Waals surface area contributed by atoms with Crippen molar-refractivity contribution >= 4 is 12.0 Å². The summed E-state index contributed by atoms with van der Waals surface area (Å²) in [5.74, 6) is 0.258. The van der Waals surface area contributed by atoms with Crippen LogP contribution in [0.3, 0.4) is 0 Å². The summed E-state index contributed by atoms with van der Waals surface area (Å²) in [7, 11) is 2.03. The summed E-state index contributed by atoms with van der Waals surface area (Å²) in [6, 6.07) is 11.5. The SMILES string of the molecule is Cc1cc(F)ccc1C1(C)c2cc(C(C)C)ccc2N=CN1C. The minimum atomic E-state index is -0.361. The first-order chi connectivity index (χ1) is 10.8. The van der Waals surface area contributed by atoms with Crippen molar-refractivity contribution in [1.29, 1.82) is 0 Å². The summed E-state index contributed by atoms with van der Waals surface area (Å²) in [6.45, 7) is 8.53. The quantitative estimate of drug-likeness (QED) is 0.751. The van der Waals surface area contributed by atoms with Crippen molar-refractivity contribution in [2.75, 3.05) is 7.05 Å². The Labute approximate surface area is 137 Å². The second-order valence-electron chi connectivity index (χ2n) is 6.82. The minimum absolute atomic E-state index is 0.196. The second kappa shape index (κ2) is 5.48. The van der Waals surface area contributed by atoms with E-state index in [1.54, 1.807) is 12.1 Å². The summed E-state index contributed by atoms with van der Waals surface area (Å²) in [5.41, 5.74) is 5.15. The molecule has 0 N–H and O–H groups in total. The predicted octanol–water partition coefficient (Wildman–Crippen LogP) is 5.13. The van der Waals surface area contributed by atoms with Crippen molar-refractivity contribution in [3.8, 4) is 0 Å². The second-order valence-corrected chi connectivity index (χ2v) is 6.82. The van der Waals surface area contributed by atoms with Crippen LogP contribution in [0.1, 0.15) is 48.9 Å². The van der Waals surface area contributed by atoms with E-state index in [1.807, 2.05) is 26.4 Å². The number of hydrogen-bond donors (Lipinski definition) is 0. The van der Waals surface area contributed by atoms with E-state index in [0.717, 1.165) is 16.8 Å². The molecule has 1 unspecified atom stereocenters. The Morgan fingerprint density at radius 1 is 1.09 bits per heavy atom. The van der Waals surface area contributed by atoms with Crippen LogP contribution in [-0.2, 0) is 5.54 Å². The molecule has 1 atom stereocenters.